The lowest BCUT2D eigenvalue weighted by Crippen LogP contribution is -2.26. The van der Waals surface area contributed by atoms with Crippen molar-refractivity contribution in [3.8, 4) is 17.1 Å². The van der Waals surface area contributed by atoms with Crippen molar-refractivity contribution in [2.24, 2.45) is 0 Å². The van der Waals surface area contributed by atoms with Crippen molar-refractivity contribution in [3.63, 3.8) is 0 Å². The molecule has 3 aromatic carbocycles. The number of nitrogens with zero attached hydrogens (tertiary/aromatic N) is 4. The molecule has 198 valence electrons. The summed E-state index contributed by atoms with van der Waals surface area (Å²) >= 11 is 1.08. The standard InChI is InChI=1S/C28H24N4O6S/c1-28(2,3)19-12-9-17(10-13-19)25-29-30-27(31(25)20-7-5-4-6-8-20)39-22-14-11-18(15-21(22)32(35)36)26-37-23(33)16-24(34)38-26/h4-15,26H,16H2,1-3H3. The molecular formula is C28H24N4O6S. The van der Waals surface area contributed by atoms with Gasteiger partial charge in [0.15, 0.2) is 5.82 Å². The van der Waals surface area contributed by atoms with Gasteiger partial charge in [0.25, 0.3) is 12.0 Å². The molecule has 1 aliphatic heterocycles. The van der Waals surface area contributed by atoms with E-state index in [1.807, 2.05) is 47.0 Å². The molecule has 0 radical (unpaired) electrons. The van der Waals surface area contributed by atoms with E-state index in [9.17, 15) is 19.7 Å². The number of carbonyl (C=O) groups excluding carboxylic acids is 2. The predicted molar refractivity (Wildman–Crippen MR) is 142 cm³/mol. The van der Waals surface area contributed by atoms with Crippen LogP contribution in [0.15, 0.2) is 82.8 Å². The summed E-state index contributed by atoms with van der Waals surface area (Å²) < 4.78 is 12.0. The van der Waals surface area contributed by atoms with Crippen molar-refractivity contribution in [2.45, 2.75) is 48.9 Å². The number of ether oxygens (including phenoxy) is 2. The molecule has 10 nitrogen and oxygen atoms in total. The SMILES string of the molecule is CC(C)(C)c1ccc(-c2nnc(Sc3ccc(C4OC(=O)CC(=O)O4)cc3[N+](=O)[O-])n2-c2ccccc2)cc1. The lowest BCUT2D eigenvalue weighted by atomic mass is 9.87. The molecule has 39 heavy (non-hydrogen) atoms. The number of aromatic nitrogens is 3. The average molecular weight is 545 g/mol. The second-order valence-electron chi connectivity index (χ2n) is 9.88. The highest BCUT2D eigenvalue weighted by Crippen LogP contribution is 2.39. The Bertz CT molecular complexity index is 1550. The number of cyclic esters (lactones) is 2. The van der Waals surface area contributed by atoms with Crippen LogP contribution in [0, 0.1) is 10.1 Å². The maximum absolute atomic E-state index is 12.0. The normalized spacial score (nSPS) is 14.1. The number of hydrogen-bond acceptors (Lipinski definition) is 9. The van der Waals surface area contributed by atoms with Crippen LogP contribution < -0.4 is 0 Å². The Hall–Kier alpha value is -4.51. The van der Waals surface area contributed by atoms with Crippen LogP contribution in [0.2, 0.25) is 0 Å². The first kappa shape index (κ1) is 26.1. The van der Waals surface area contributed by atoms with Crippen molar-refractivity contribution in [3.05, 3.63) is 94.0 Å². The molecule has 1 aromatic heterocycles. The van der Waals surface area contributed by atoms with Gasteiger partial charge >= 0.3 is 11.9 Å². The fourth-order valence-corrected chi connectivity index (χ4v) is 5.00. The summed E-state index contributed by atoms with van der Waals surface area (Å²) in [6.45, 7) is 6.43. The van der Waals surface area contributed by atoms with Crippen LogP contribution in [0.3, 0.4) is 0 Å². The van der Waals surface area contributed by atoms with Gasteiger partial charge in [0.2, 0.25) is 5.16 Å². The third-order valence-corrected chi connectivity index (χ3v) is 7.09. The molecule has 0 saturated carbocycles. The third kappa shape index (κ3) is 5.53. The lowest BCUT2D eigenvalue weighted by Gasteiger charge is -2.22. The summed E-state index contributed by atoms with van der Waals surface area (Å²) in [5.41, 5.74) is 2.73. The summed E-state index contributed by atoms with van der Waals surface area (Å²) in [4.78, 5) is 35.1. The highest BCUT2D eigenvalue weighted by atomic mass is 32.2. The molecule has 0 unspecified atom stereocenters. The van der Waals surface area contributed by atoms with Gasteiger partial charge in [0.05, 0.1) is 9.82 Å². The Morgan fingerprint density at radius 2 is 1.62 bits per heavy atom. The van der Waals surface area contributed by atoms with Crippen LogP contribution in [-0.2, 0) is 24.5 Å². The summed E-state index contributed by atoms with van der Waals surface area (Å²) in [5, 5.41) is 21.2. The Labute approximate surface area is 228 Å². The quantitative estimate of drug-likeness (QED) is 0.128. The van der Waals surface area contributed by atoms with E-state index in [2.05, 4.69) is 43.1 Å². The molecule has 1 fully saturated rings. The first-order valence-electron chi connectivity index (χ1n) is 12.1. The summed E-state index contributed by atoms with van der Waals surface area (Å²) in [5.74, 6) is -0.919. The molecule has 0 spiro atoms. The van der Waals surface area contributed by atoms with Gasteiger partial charge < -0.3 is 9.47 Å². The van der Waals surface area contributed by atoms with Crippen LogP contribution in [-0.4, -0.2) is 31.6 Å². The van der Waals surface area contributed by atoms with Crippen LogP contribution >= 0.6 is 11.8 Å². The predicted octanol–water partition coefficient (Wildman–Crippen LogP) is 5.78. The van der Waals surface area contributed by atoms with Crippen molar-refractivity contribution in [1.82, 2.24) is 14.8 Å². The molecule has 0 atom stereocenters. The number of benzene rings is 3. The Kier molecular flexibility index (Phi) is 6.92. The largest absolute Gasteiger partial charge is 0.420 e. The minimum Gasteiger partial charge on any atom is -0.420 e. The first-order valence-corrected chi connectivity index (χ1v) is 12.9. The van der Waals surface area contributed by atoms with Crippen molar-refractivity contribution in [2.75, 3.05) is 0 Å². The molecule has 2 heterocycles. The number of para-hydroxylation sites is 1. The maximum atomic E-state index is 12.0. The van der Waals surface area contributed by atoms with Gasteiger partial charge in [-0.05, 0) is 47.0 Å². The fourth-order valence-electron chi connectivity index (χ4n) is 4.06. The molecule has 0 amide bonds. The minimum absolute atomic E-state index is 0.00791. The highest BCUT2D eigenvalue weighted by Gasteiger charge is 2.31. The first-order chi connectivity index (χ1) is 18.6. The number of carbonyl (C=O) groups is 2. The van der Waals surface area contributed by atoms with Crippen LogP contribution in [0.25, 0.3) is 17.1 Å². The van der Waals surface area contributed by atoms with E-state index in [1.165, 1.54) is 23.8 Å². The molecular weight excluding hydrogens is 520 g/mol. The average Bonchev–Trinajstić information content (AvgIpc) is 3.31. The van der Waals surface area contributed by atoms with E-state index >= 15 is 0 Å². The minimum atomic E-state index is -1.34. The molecule has 0 bridgehead atoms. The topological polar surface area (TPSA) is 126 Å². The number of rotatable bonds is 6. The van der Waals surface area contributed by atoms with E-state index < -0.39 is 29.6 Å². The molecule has 0 N–H and O–H groups in total. The Morgan fingerprint density at radius 1 is 0.949 bits per heavy atom. The zero-order valence-corrected chi connectivity index (χ0v) is 22.2. The zero-order valence-electron chi connectivity index (χ0n) is 21.4. The molecule has 5 rings (SSSR count). The molecule has 4 aromatic rings. The zero-order chi connectivity index (χ0) is 27.7. The molecule has 1 saturated heterocycles. The van der Waals surface area contributed by atoms with Gasteiger partial charge in [-0.2, -0.15) is 0 Å². The van der Waals surface area contributed by atoms with E-state index in [0.29, 0.717) is 11.0 Å². The molecule has 1 aliphatic rings. The summed E-state index contributed by atoms with van der Waals surface area (Å²) in [6, 6.07) is 21.8. The van der Waals surface area contributed by atoms with E-state index in [1.54, 1.807) is 0 Å². The van der Waals surface area contributed by atoms with E-state index in [0.717, 1.165) is 23.0 Å². The molecule has 0 aliphatic carbocycles. The van der Waals surface area contributed by atoms with E-state index in [4.69, 9.17) is 9.47 Å². The Morgan fingerprint density at radius 3 is 2.23 bits per heavy atom. The molecule has 11 heteroatoms. The highest BCUT2D eigenvalue weighted by molar-refractivity contribution is 7.99. The number of nitro groups is 1. The van der Waals surface area contributed by atoms with Gasteiger partial charge in [-0.1, -0.05) is 63.2 Å². The smallest absolute Gasteiger partial charge is 0.320 e. The second kappa shape index (κ2) is 10.3. The van der Waals surface area contributed by atoms with Crippen LogP contribution in [0.5, 0.6) is 0 Å². The Balaban J connectivity index is 1.54. The van der Waals surface area contributed by atoms with Gasteiger partial charge in [0.1, 0.15) is 6.42 Å². The monoisotopic (exact) mass is 544 g/mol. The maximum Gasteiger partial charge on any atom is 0.320 e. The van der Waals surface area contributed by atoms with Crippen molar-refractivity contribution < 1.29 is 24.0 Å². The third-order valence-electron chi connectivity index (χ3n) is 6.08. The van der Waals surface area contributed by atoms with Crippen LogP contribution in [0.1, 0.15) is 44.6 Å². The summed E-state index contributed by atoms with van der Waals surface area (Å²) in [6.07, 6.45) is -1.84. The van der Waals surface area contributed by atoms with Gasteiger partial charge in [-0.15, -0.1) is 10.2 Å². The fraction of sp³-hybridized carbons (Fsp3) is 0.214. The van der Waals surface area contributed by atoms with E-state index in [-0.39, 0.29) is 21.6 Å². The number of nitro benzene ring substituents is 1. The summed E-state index contributed by atoms with van der Waals surface area (Å²) in [7, 11) is 0. The van der Waals surface area contributed by atoms with Gasteiger partial charge in [0, 0.05) is 22.9 Å². The van der Waals surface area contributed by atoms with Crippen molar-refractivity contribution in [1.29, 1.82) is 0 Å². The lowest BCUT2D eigenvalue weighted by molar-refractivity contribution is -0.387. The second-order valence-corrected chi connectivity index (χ2v) is 10.9. The number of hydrogen-bond donors (Lipinski definition) is 0. The number of esters is 2. The van der Waals surface area contributed by atoms with Crippen LogP contribution in [0.4, 0.5) is 5.69 Å². The van der Waals surface area contributed by atoms with Gasteiger partial charge in [-0.3, -0.25) is 24.3 Å². The van der Waals surface area contributed by atoms with Crippen molar-refractivity contribution >= 4 is 29.4 Å². The van der Waals surface area contributed by atoms with Gasteiger partial charge in [-0.25, -0.2) is 0 Å².